The van der Waals surface area contributed by atoms with Gasteiger partial charge in [0.2, 0.25) is 0 Å². The molecular formula is C12H17FO. The molecule has 0 spiro atoms. The van der Waals surface area contributed by atoms with Gasteiger partial charge < -0.3 is 5.11 Å². The van der Waals surface area contributed by atoms with Crippen LogP contribution in [-0.2, 0) is 6.42 Å². The van der Waals surface area contributed by atoms with Crippen LogP contribution in [0.4, 0.5) is 4.39 Å². The largest absolute Gasteiger partial charge is 0.396 e. The second-order valence-corrected chi connectivity index (χ2v) is 4.45. The molecule has 1 aromatic carbocycles. The van der Waals surface area contributed by atoms with Gasteiger partial charge in [-0.15, -0.1) is 0 Å². The summed E-state index contributed by atoms with van der Waals surface area (Å²) in [5.74, 6) is -0.199. The molecule has 1 rings (SSSR count). The third-order valence-corrected chi connectivity index (χ3v) is 2.43. The average Bonchev–Trinajstić information content (AvgIpc) is 2.17. The summed E-state index contributed by atoms with van der Waals surface area (Å²) in [7, 11) is 0. The zero-order valence-corrected chi connectivity index (χ0v) is 8.76. The van der Waals surface area contributed by atoms with Crippen LogP contribution in [-0.4, -0.2) is 11.7 Å². The summed E-state index contributed by atoms with van der Waals surface area (Å²) in [6.07, 6.45) is 1.79. The Kier molecular flexibility index (Phi) is 3.64. The van der Waals surface area contributed by atoms with Crippen LogP contribution < -0.4 is 0 Å². The fraction of sp³-hybridized carbons (Fsp3) is 0.500. The highest BCUT2D eigenvalue weighted by molar-refractivity contribution is 5.16. The van der Waals surface area contributed by atoms with Gasteiger partial charge in [0.15, 0.2) is 0 Å². The molecule has 14 heavy (non-hydrogen) atoms. The molecule has 1 aromatic rings. The predicted molar refractivity (Wildman–Crippen MR) is 55.6 cm³/mol. The lowest BCUT2D eigenvalue weighted by atomic mass is 9.87. The van der Waals surface area contributed by atoms with Crippen LogP contribution in [0.2, 0.25) is 0 Å². The first-order valence-electron chi connectivity index (χ1n) is 4.89. The van der Waals surface area contributed by atoms with E-state index in [1.165, 1.54) is 12.1 Å². The van der Waals surface area contributed by atoms with Crippen molar-refractivity contribution < 1.29 is 9.50 Å². The monoisotopic (exact) mass is 196 g/mol. The van der Waals surface area contributed by atoms with Crippen molar-refractivity contribution in [3.8, 4) is 0 Å². The van der Waals surface area contributed by atoms with Gasteiger partial charge in [-0.25, -0.2) is 4.39 Å². The number of halogens is 1. The fourth-order valence-corrected chi connectivity index (χ4v) is 1.21. The smallest absolute Gasteiger partial charge is 0.123 e. The quantitative estimate of drug-likeness (QED) is 0.785. The van der Waals surface area contributed by atoms with Crippen molar-refractivity contribution in [1.82, 2.24) is 0 Å². The first-order valence-corrected chi connectivity index (χ1v) is 4.89. The predicted octanol–water partition coefficient (Wildman–Crippen LogP) is 2.78. The summed E-state index contributed by atoms with van der Waals surface area (Å²) in [4.78, 5) is 0. The van der Waals surface area contributed by atoms with E-state index in [0.29, 0.717) is 0 Å². The number of aliphatic hydroxyl groups excluding tert-OH is 1. The lowest BCUT2D eigenvalue weighted by molar-refractivity contribution is 0.151. The number of rotatable bonds is 4. The Morgan fingerprint density at radius 3 is 2.29 bits per heavy atom. The highest BCUT2D eigenvalue weighted by Gasteiger charge is 2.15. The molecule has 2 heteroatoms. The Hall–Kier alpha value is -0.890. The van der Waals surface area contributed by atoms with E-state index in [2.05, 4.69) is 0 Å². The zero-order valence-electron chi connectivity index (χ0n) is 8.76. The van der Waals surface area contributed by atoms with Crippen molar-refractivity contribution >= 4 is 0 Å². The molecule has 0 saturated heterocycles. The van der Waals surface area contributed by atoms with Crippen LogP contribution in [0.5, 0.6) is 0 Å². The van der Waals surface area contributed by atoms with Crippen molar-refractivity contribution in [2.45, 2.75) is 26.7 Å². The molecule has 78 valence electrons. The number of hydrogen-bond acceptors (Lipinski definition) is 1. The first-order chi connectivity index (χ1) is 6.53. The minimum absolute atomic E-state index is 0.0472. The SMILES string of the molecule is CC(C)(CO)CCc1ccc(F)cc1. The summed E-state index contributed by atoms with van der Waals surface area (Å²) in [5.41, 5.74) is 1.07. The third kappa shape index (κ3) is 3.46. The van der Waals surface area contributed by atoms with Crippen molar-refractivity contribution in [2.24, 2.45) is 5.41 Å². The van der Waals surface area contributed by atoms with Crippen LogP contribution in [0.1, 0.15) is 25.8 Å². The molecule has 0 saturated carbocycles. The van der Waals surface area contributed by atoms with Gasteiger partial charge >= 0.3 is 0 Å². The molecule has 0 radical (unpaired) electrons. The lowest BCUT2D eigenvalue weighted by Crippen LogP contribution is -2.17. The van der Waals surface area contributed by atoms with Gasteiger partial charge in [-0.3, -0.25) is 0 Å². The van der Waals surface area contributed by atoms with E-state index in [9.17, 15) is 4.39 Å². The number of aliphatic hydroxyl groups is 1. The second kappa shape index (κ2) is 4.56. The van der Waals surface area contributed by atoms with E-state index in [0.717, 1.165) is 18.4 Å². The minimum atomic E-state index is -0.199. The number of hydrogen-bond donors (Lipinski definition) is 1. The van der Waals surface area contributed by atoms with Gasteiger partial charge in [0, 0.05) is 6.61 Å². The molecule has 0 amide bonds. The Balaban J connectivity index is 2.50. The topological polar surface area (TPSA) is 20.2 Å². The summed E-state index contributed by atoms with van der Waals surface area (Å²) in [6, 6.07) is 6.54. The van der Waals surface area contributed by atoms with E-state index < -0.39 is 0 Å². The average molecular weight is 196 g/mol. The molecule has 0 aliphatic heterocycles. The summed E-state index contributed by atoms with van der Waals surface area (Å²) in [6.45, 7) is 4.24. The van der Waals surface area contributed by atoms with E-state index in [-0.39, 0.29) is 17.8 Å². The maximum absolute atomic E-state index is 12.6. The molecule has 1 nitrogen and oxygen atoms in total. The molecule has 0 aromatic heterocycles. The van der Waals surface area contributed by atoms with Gasteiger partial charge in [-0.2, -0.15) is 0 Å². The Morgan fingerprint density at radius 1 is 1.21 bits per heavy atom. The molecular weight excluding hydrogens is 179 g/mol. The van der Waals surface area contributed by atoms with Crippen molar-refractivity contribution in [3.05, 3.63) is 35.6 Å². The van der Waals surface area contributed by atoms with Crippen molar-refractivity contribution in [3.63, 3.8) is 0 Å². The molecule has 0 aliphatic rings. The van der Waals surface area contributed by atoms with Gasteiger partial charge in [-0.05, 0) is 36.0 Å². The number of benzene rings is 1. The van der Waals surface area contributed by atoms with Gasteiger partial charge in [0.25, 0.3) is 0 Å². The molecule has 0 fully saturated rings. The highest BCUT2D eigenvalue weighted by Crippen LogP contribution is 2.21. The summed E-state index contributed by atoms with van der Waals surface area (Å²) < 4.78 is 12.6. The minimum Gasteiger partial charge on any atom is -0.396 e. The van der Waals surface area contributed by atoms with Crippen LogP contribution >= 0.6 is 0 Å². The van der Waals surface area contributed by atoms with Gasteiger partial charge in [0.05, 0.1) is 0 Å². The maximum atomic E-state index is 12.6. The fourth-order valence-electron chi connectivity index (χ4n) is 1.21. The highest BCUT2D eigenvalue weighted by atomic mass is 19.1. The molecule has 0 heterocycles. The van der Waals surface area contributed by atoms with Crippen LogP contribution in [0, 0.1) is 11.2 Å². The first kappa shape index (κ1) is 11.2. The van der Waals surface area contributed by atoms with Crippen molar-refractivity contribution in [2.75, 3.05) is 6.61 Å². The van der Waals surface area contributed by atoms with E-state index in [1.54, 1.807) is 12.1 Å². The Labute approximate surface area is 84.6 Å². The summed E-state index contributed by atoms with van der Waals surface area (Å²) in [5, 5.41) is 9.06. The molecule has 1 N–H and O–H groups in total. The maximum Gasteiger partial charge on any atom is 0.123 e. The Bertz CT molecular complexity index is 277. The normalized spacial score (nSPS) is 11.7. The standard InChI is InChI=1S/C12H17FO/c1-12(2,9-14)8-7-10-3-5-11(13)6-4-10/h3-6,14H,7-9H2,1-2H3. The van der Waals surface area contributed by atoms with Crippen LogP contribution in [0.15, 0.2) is 24.3 Å². The summed E-state index contributed by atoms with van der Waals surface area (Å²) >= 11 is 0. The van der Waals surface area contributed by atoms with Gasteiger partial charge in [-0.1, -0.05) is 26.0 Å². The lowest BCUT2D eigenvalue weighted by Gasteiger charge is -2.21. The van der Waals surface area contributed by atoms with E-state index in [4.69, 9.17) is 5.11 Å². The van der Waals surface area contributed by atoms with E-state index in [1.807, 2.05) is 13.8 Å². The molecule has 0 aliphatic carbocycles. The second-order valence-electron chi connectivity index (χ2n) is 4.45. The van der Waals surface area contributed by atoms with Crippen molar-refractivity contribution in [1.29, 1.82) is 0 Å². The van der Waals surface area contributed by atoms with Gasteiger partial charge in [0.1, 0.15) is 5.82 Å². The molecule has 0 unspecified atom stereocenters. The third-order valence-electron chi connectivity index (χ3n) is 2.43. The number of aryl methyl sites for hydroxylation is 1. The zero-order chi connectivity index (χ0) is 10.6. The Morgan fingerprint density at radius 2 is 1.79 bits per heavy atom. The van der Waals surface area contributed by atoms with Crippen LogP contribution in [0.3, 0.4) is 0 Å². The van der Waals surface area contributed by atoms with E-state index >= 15 is 0 Å². The molecule has 0 atom stereocenters. The molecule has 0 bridgehead atoms. The van der Waals surface area contributed by atoms with Crippen LogP contribution in [0.25, 0.3) is 0 Å².